The lowest BCUT2D eigenvalue weighted by Gasteiger charge is -2.47. The van der Waals surface area contributed by atoms with Crippen LogP contribution in [0.2, 0.25) is 0 Å². The summed E-state index contributed by atoms with van der Waals surface area (Å²) in [6.45, 7) is 1.92. The zero-order chi connectivity index (χ0) is 30.1. The third-order valence-electron chi connectivity index (χ3n) is 10.4. The van der Waals surface area contributed by atoms with E-state index in [0.717, 1.165) is 31.5 Å². The van der Waals surface area contributed by atoms with Crippen molar-refractivity contribution < 1.29 is 39.5 Å². The highest BCUT2D eigenvalue weighted by Crippen LogP contribution is 2.53. The number of aliphatic hydroxyl groups is 3. The van der Waals surface area contributed by atoms with Crippen molar-refractivity contribution in [2.45, 2.75) is 75.5 Å². The summed E-state index contributed by atoms with van der Waals surface area (Å²) < 4.78 is 5.93. The van der Waals surface area contributed by atoms with Gasteiger partial charge in [0.15, 0.2) is 11.4 Å². The number of methoxy groups -OCH3 is 1. The van der Waals surface area contributed by atoms with Gasteiger partial charge >= 0.3 is 0 Å². The fourth-order valence-electron chi connectivity index (χ4n) is 8.38. The lowest BCUT2D eigenvalue weighted by atomic mass is 9.59. The van der Waals surface area contributed by atoms with Crippen molar-refractivity contribution >= 4 is 17.5 Å². The monoisotopic (exact) mass is 581 g/mol. The van der Waals surface area contributed by atoms with Crippen LogP contribution in [0.15, 0.2) is 28.7 Å². The maximum atomic E-state index is 13.9. The number of carbonyl (C=O) groups is 3. The van der Waals surface area contributed by atoms with Gasteiger partial charge in [-0.25, -0.2) is 0 Å². The zero-order valence-electron chi connectivity index (χ0n) is 23.8. The number of hydrogen-bond donors (Lipinski definition) is 6. The normalized spacial score (nSPS) is 32.1. The van der Waals surface area contributed by atoms with Crippen LogP contribution in [0.5, 0.6) is 11.5 Å². The number of nitrogens with zero attached hydrogens (tertiary/aromatic N) is 1. The molecule has 1 amide bonds. The minimum atomic E-state index is -2.72. The number of benzene rings is 1. The molecule has 1 aromatic rings. The van der Waals surface area contributed by atoms with E-state index in [1.807, 2.05) is 0 Å². The number of aromatic hydroxyl groups is 1. The molecule has 1 heterocycles. The van der Waals surface area contributed by atoms with Crippen LogP contribution in [-0.2, 0) is 16.0 Å². The Balaban J connectivity index is 1.41. The molecule has 6 rings (SSSR count). The molecule has 1 aliphatic heterocycles. The lowest BCUT2D eigenvalue weighted by molar-refractivity contribution is -0.145. The average molecular weight is 582 g/mol. The second-order valence-corrected chi connectivity index (χ2v) is 12.6. The third kappa shape index (κ3) is 4.08. The summed E-state index contributed by atoms with van der Waals surface area (Å²) in [5.74, 6) is -6.05. The first-order chi connectivity index (χ1) is 20.0. The van der Waals surface area contributed by atoms with Crippen LogP contribution < -0.4 is 16.2 Å². The number of allylic oxidation sites excluding steroid dienone is 1. The van der Waals surface area contributed by atoms with E-state index in [2.05, 4.69) is 4.90 Å². The molecule has 1 aromatic carbocycles. The van der Waals surface area contributed by atoms with E-state index in [4.69, 9.17) is 16.2 Å². The summed E-state index contributed by atoms with van der Waals surface area (Å²) >= 11 is 0. The van der Waals surface area contributed by atoms with E-state index in [9.17, 15) is 34.8 Å². The fraction of sp³-hybridized carbons (Fsp3) is 0.581. The first kappa shape index (κ1) is 28.7. The molecule has 0 bridgehead atoms. The minimum absolute atomic E-state index is 0.0219. The number of phenolic OH excluding ortho intramolecular Hbond substituents is 1. The van der Waals surface area contributed by atoms with Crippen LogP contribution in [0.3, 0.4) is 0 Å². The number of nitrogens with two attached hydrogens (primary N) is 2. The molecule has 8 N–H and O–H groups in total. The number of rotatable bonds is 5. The Bertz CT molecular complexity index is 1430. The highest BCUT2D eigenvalue weighted by atomic mass is 16.5. The quantitative estimate of drug-likeness (QED) is 0.281. The van der Waals surface area contributed by atoms with Crippen molar-refractivity contribution in [2.24, 2.45) is 29.2 Å². The molecule has 0 radical (unpaired) electrons. The number of phenols is 1. The van der Waals surface area contributed by atoms with Crippen LogP contribution in [0.1, 0.15) is 78.9 Å². The van der Waals surface area contributed by atoms with Crippen molar-refractivity contribution in [1.82, 2.24) is 4.90 Å². The molecule has 0 aromatic heterocycles. The number of ketones is 2. The molecule has 11 heteroatoms. The van der Waals surface area contributed by atoms with Crippen LogP contribution in [0.25, 0.3) is 0 Å². The number of amides is 1. The summed E-state index contributed by atoms with van der Waals surface area (Å²) in [5, 5.41) is 44.7. The number of Topliss-reactive ketones (excluding diaryl/α,β-unsaturated/α-hetero) is 2. The Morgan fingerprint density at radius 2 is 1.83 bits per heavy atom. The zero-order valence-corrected chi connectivity index (χ0v) is 23.8. The molecule has 42 heavy (non-hydrogen) atoms. The molecule has 0 spiro atoms. The van der Waals surface area contributed by atoms with Gasteiger partial charge in [-0.1, -0.05) is 19.3 Å². The topological polar surface area (TPSA) is 197 Å². The molecule has 11 nitrogen and oxygen atoms in total. The second kappa shape index (κ2) is 10.4. The molecule has 5 atom stereocenters. The molecule has 4 aliphatic carbocycles. The van der Waals surface area contributed by atoms with Crippen molar-refractivity contribution in [2.75, 3.05) is 20.2 Å². The van der Waals surface area contributed by atoms with Crippen molar-refractivity contribution in [3.8, 4) is 11.5 Å². The Labute approximate surface area is 243 Å². The summed E-state index contributed by atoms with van der Waals surface area (Å²) in [6, 6.07) is 0.211. The third-order valence-corrected chi connectivity index (χ3v) is 10.4. The maximum Gasteiger partial charge on any atom is 0.255 e. The molecule has 2 fully saturated rings. The number of ether oxygens (including phenoxy) is 1. The molecule has 1 saturated heterocycles. The van der Waals surface area contributed by atoms with Gasteiger partial charge in [-0.2, -0.15) is 0 Å². The highest BCUT2D eigenvalue weighted by molar-refractivity contribution is 6.24. The van der Waals surface area contributed by atoms with Gasteiger partial charge in [-0.05, 0) is 63.0 Å². The Morgan fingerprint density at radius 3 is 2.50 bits per heavy atom. The van der Waals surface area contributed by atoms with E-state index in [0.29, 0.717) is 17.2 Å². The van der Waals surface area contributed by atoms with E-state index < -0.39 is 58.0 Å². The molecule has 0 unspecified atom stereocenters. The Morgan fingerprint density at radius 1 is 1.12 bits per heavy atom. The molecular formula is C31H39N3O8. The van der Waals surface area contributed by atoms with Crippen LogP contribution in [-0.4, -0.2) is 74.6 Å². The average Bonchev–Trinajstić information content (AvgIpc) is 3.41. The summed E-state index contributed by atoms with van der Waals surface area (Å²) in [4.78, 5) is 41.6. The number of primary amides is 1. The summed E-state index contributed by atoms with van der Waals surface area (Å²) in [7, 11) is 1.54. The van der Waals surface area contributed by atoms with Crippen molar-refractivity contribution in [3.63, 3.8) is 0 Å². The number of aliphatic hydroxyl groups excluding tert-OH is 2. The number of hydrogen-bond acceptors (Lipinski definition) is 10. The van der Waals surface area contributed by atoms with Gasteiger partial charge in [-0.3, -0.25) is 19.3 Å². The minimum Gasteiger partial charge on any atom is -0.510 e. The summed E-state index contributed by atoms with van der Waals surface area (Å²) in [6.07, 6.45) is 8.25. The fourth-order valence-corrected chi connectivity index (χ4v) is 8.38. The predicted molar refractivity (Wildman–Crippen MR) is 151 cm³/mol. The SMILES string of the molecule is COc1c([C@@H]2CCCN2CC2CCCCC2)cc(O)c2c1C[C@H]1C[C@H]3[C@H](N)C(O)=C(C(N)=O)C(=O)[C@@]3(O)C(O)=C1C2=O. The molecular weight excluding hydrogens is 542 g/mol. The van der Waals surface area contributed by atoms with E-state index in [-0.39, 0.29) is 35.8 Å². The largest absolute Gasteiger partial charge is 0.510 e. The first-order valence-electron chi connectivity index (χ1n) is 14.9. The van der Waals surface area contributed by atoms with Gasteiger partial charge in [0.05, 0.1) is 18.7 Å². The van der Waals surface area contributed by atoms with E-state index in [1.54, 1.807) is 6.07 Å². The Kier molecular flexibility index (Phi) is 7.10. The van der Waals surface area contributed by atoms with Crippen LogP contribution in [0.4, 0.5) is 0 Å². The molecule has 5 aliphatic rings. The number of carbonyl (C=O) groups excluding carboxylic acids is 3. The van der Waals surface area contributed by atoms with Gasteiger partial charge < -0.3 is 36.6 Å². The highest BCUT2D eigenvalue weighted by Gasteiger charge is 2.62. The Hall–Kier alpha value is -3.41. The molecule has 1 saturated carbocycles. The van der Waals surface area contributed by atoms with Gasteiger partial charge in [0.1, 0.15) is 28.6 Å². The standard InChI is InChI=1S/C31H39N3O8/c1-42-27-16(19-8-5-9-34(19)13-14-6-3-2-4-7-14)12-20(35)22-17(27)10-15-11-18-24(32)26(37)23(30(33)40)29(39)31(18,41)28(38)21(15)25(22)36/h12,14-15,18-19,24,35,37-38,41H,2-11,13,32H2,1H3,(H2,33,40)/t15-,18-,19-,24-,31-/m0/s1. The second-order valence-electron chi connectivity index (χ2n) is 12.6. The number of fused-ring (bicyclic) bond motifs is 3. The van der Waals surface area contributed by atoms with Crippen molar-refractivity contribution in [1.29, 1.82) is 0 Å². The van der Waals surface area contributed by atoms with Gasteiger partial charge in [0.2, 0.25) is 5.78 Å². The number of likely N-dealkylation sites (tertiary alicyclic amines) is 1. The summed E-state index contributed by atoms with van der Waals surface area (Å²) in [5.41, 5.74) is 8.88. The smallest absolute Gasteiger partial charge is 0.255 e. The first-order valence-corrected chi connectivity index (χ1v) is 14.9. The van der Waals surface area contributed by atoms with Gasteiger partial charge in [0, 0.05) is 35.2 Å². The molecule has 226 valence electrons. The lowest BCUT2D eigenvalue weighted by Crippen LogP contribution is -2.63. The maximum absolute atomic E-state index is 13.9. The van der Waals surface area contributed by atoms with E-state index >= 15 is 0 Å². The van der Waals surface area contributed by atoms with Crippen LogP contribution in [0, 0.1) is 17.8 Å². The van der Waals surface area contributed by atoms with Crippen LogP contribution >= 0.6 is 0 Å². The van der Waals surface area contributed by atoms with Gasteiger partial charge in [-0.15, -0.1) is 0 Å². The van der Waals surface area contributed by atoms with Gasteiger partial charge in [0.25, 0.3) is 5.91 Å². The predicted octanol–water partition coefficient (Wildman–Crippen LogP) is 2.24. The van der Waals surface area contributed by atoms with E-state index in [1.165, 1.54) is 39.2 Å². The van der Waals surface area contributed by atoms with Crippen molar-refractivity contribution in [3.05, 3.63) is 45.4 Å².